The fourth-order valence-corrected chi connectivity index (χ4v) is 2.04. The third kappa shape index (κ3) is 6.86. The Morgan fingerprint density at radius 2 is 2.15 bits per heavy atom. The quantitative estimate of drug-likeness (QED) is 0.703. The molecule has 2 N–H and O–H groups in total. The summed E-state index contributed by atoms with van der Waals surface area (Å²) < 4.78 is 11.0. The first-order chi connectivity index (χ1) is 9.49. The van der Waals surface area contributed by atoms with Crippen LogP contribution in [0.25, 0.3) is 0 Å². The molecule has 116 valence electrons. The van der Waals surface area contributed by atoms with Gasteiger partial charge in [0.15, 0.2) is 0 Å². The number of rotatable bonds is 8. The fourth-order valence-electron chi connectivity index (χ4n) is 2.04. The molecule has 1 fully saturated rings. The Morgan fingerprint density at radius 3 is 2.75 bits per heavy atom. The molecule has 6 nitrogen and oxygen atoms in total. The molecule has 0 aliphatic carbocycles. The van der Waals surface area contributed by atoms with Gasteiger partial charge in [0, 0.05) is 19.1 Å². The Morgan fingerprint density at radius 1 is 1.40 bits per heavy atom. The number of carboxylic acid groups (broad SMARTS) is 1. The van der Waals surface area contributed by atoms with Crippen molar-refractivity contribution in [3.8, 4) is 0 Å². The second-order valence-corrected chi connectivity index (χ2v) is 5.31. The summed E-state index contributed by atoms with van der Waals surface area (Å²) in [7, 11) is 0. The van der Waals surface area contributed by atoms with Crippen molar-refractivity contribution in [2.24, 2.45) is 0 Å². The lowest BCUT2D eigenvalue weighted by Crippen LogP contribution is -2.41. The summed E-state index contributed by atoms with van der Waals surface area (Å²) in [6.45, 7) is 4.68. The maximum absolute atomic E-state index is 11.8. The Labute approximate surface area is 119 Å². The van der Waals surface area contributed by atoms with E-state index in [4.69, 9.17) is 14.6 Å². The minimum Gasteiger partial charge on any atom is -0.481 e. The standard InChI is InChI=1S/C14H25NO5/c1-10(6-7-13(16)17)15-14(18)11(2)20-9-12-5-3-4-8-19-12/h10-12H,3-9H2,1-2H3,(H,15,18)(H,16,17). The lowest BCUT2D eigenvalue weighted by Gasteiger charge is -2.24. The molecule has 3 atom stereocenters. The van der Waals surface area contributed by atoms with Crippen molar-refractivity contribution in [3.05, 3.63) is 0 Å². The highest BCUT2D eigenvalue weighted by Crippen LogP contribution is 2.13. The number of carboxylic acids is 1. The molecule has 1 rings (SSSR count). The van der Waals surface area contributed by atoms with E-state index in [1.54, 1.807) is 13.8 Å². The maximum atomic E-state index is 11.8. The number of carbonyl (C=O) groups is 2. The maximum Gasteiger partial charge on any atom is 0.303 e. The zero-order chi connectivity index (χ0) is 15.0. The van der Waals surface area contributed by atoms with Crippen molar-refractivity contribution in [3.63, 3.8) is 0 Å². The zero-order valence-corrected chi connectivity index (χ0v) is 12.3. The van der Waals surface area contributed by atoms with Crippen molar-refractivity contribution in [2.75, 3.05) is 13.2 Å². The number of nitrogens with one attached hydrogen (secondary N) is 1. The van der Waals surface area contributed by atoms with Gasteiger partial charge in [-0.3, -0.25) is 9.59 Å². The number of carbonyl (C=O) groups excluding carboxylic acids is 1. The van der Waals surface area contributed by atoms with Crippen LogP contribution in [-0.4, -0.2) is 48.4 Å². The van der Waals surface area contributed by atoms with Gasteiger partial charge < -0.3 is 19.9 Å². The number of hydrogen-bond acceptors (Lipinski definition) is 4. The van der Waals surface area contributed by atoms with Crippen LogP contribution in [0, 0.1) is 0 Å². The zero-order valence-electron chi connectivity index (χ0n) is 12.3. The van der Waals surface area contributed by atoms with E-state index in [1.165, 1.54) is 0 Å². The van der Waals surface area contributed by atoms with Gasteiger partial charge in [0.2, 0.25) is 5.91 Å². The molecule has 0 aromatic carbocycles. The highest BCUT2D eigenvalue weighted by atomic mass is 16.5. The molecule has 1 heterocycles. The molecule has 0 radical (unpaired) electrons. The Bertz CT molecular complexity index is 315. The monoisotopic (exact) mass is 287 g/mol. The van der Waals surface area contributed by atoms with Gasteiger partial charge in [-0.2, -0.15) is 0 Å². The lowest BCUT2D eigenvalue weighted by atomic mass is 10.1. The topological polar surface area (TPSA) is 84.9 Å². The molecule has 6 heteroatoms. The van der Waals surface area contributed by atoms with E-state index < -0.39 is 12.1 Å². The number of amides is 1. The number of aliphatic carboxylic acids is 1. The van der Waals surface area contributed by atoms with Crippen molar-refractivity contribution < 1.29 is 24.2 Å². The Balaban J connectivity index is 2.18. The molecule has 0 aromatic rings. The highest BCUT2D eigenvalue weighted by Gasteiger charge is 2.20. The Hall–Kier alpha value is -1.14. The first-order valence-corrected chi connectivity index (χ1v) is 7.24. The molecular weight excluding hydrogens is 262 g/mol. The van der Waals surface area contributed by atoms with E-state index in [0.29, 0.717) is 13.0 Å². The molecule has 1 aliphatic heterocycles. The third-order valence-corrected chi connectivity index (χ3v) is 3.36. The summed E-state index contributed by atoms with van der Waals surface area (Å²) in [6.07, 6.45) is 3.21. The average Bonchev–Trinajstić information content (AvgIpc) is 2.43. The van der Waals surface area contributed by atoms with Gasteiger partial charge in [-0.05, 0) is 39.5 Å². The summed E-state index contributed by atoms with van der Waals surface area (Å²) in [6, 6.07) is -0.171. The Kier molecular flexibility index (Phi) is 7.54. The van der Waals surface area contributed by atoms with Gasteiger partial charge in [0.05, 0.1) is 12.7 Å². The van der Waals surface area contributed by atoms with E-state index >= 15 is 0 Å². The van der Waals surface area contributed by atoms with Crippen molar-refractivity contribution in [1.82, 2.24) is 5.32 Å². The SMILES string of the molecule is CC(CCC(=O)O)NC(=O)C(C)OCC1CCCCO1. The van der Waals surface area contributed by atoms with Crippen molar-refractivity contribution >= 4 is 11.9 Å². The molecular formula is C14H25NO5. The van der Waals surface area contributed by atoms with Crippen molar-refractivity contribution in [2.45, 2.75) is 64.2 Å². The first-order valence-electron chi connectivity index (χ1n) is 7.24. The summed E-state index contributed by atoms with van der Waals surface area (Å²) in [5, 5.41) is 11.3. The van der Waals surface area contributed by atoms with Crippen LogP contribution >= 0.6 is 0 Å². The van der Waals surface area contributed by atoms with Crippen LogP contribution < -0.4 is 5.32 Å². The summed E-state index contributed by atoms with van der Waals surface area (Å²) >= 11 is 0. The largest absolute Gasteiger partial charge is 0.481 e. The average molecular weight is 287 g/mol. The molecule has 0 aromatic heterocycles. The fraction of sp³-hybridized carbons (Fsp3) is 0.857. The van der Waals surface area contributed by atoms with E-state index in [-0.39, 0.29) is 24.5 Å². The predicted molar refractivity (Wildman–Crippen MR) is 73.5 cm³/mol. The number of hydrogen-bond donors (Lipinski definition) is 2. The normalized spacial score (nSPS) is 22.0. The predicted octanol–water partition coefficient (Wildman–Crippen LogP) is 1.33. The number of ether oxygens (including phenoxy) is 2. The van der Waals surface area contributed by atoms with E-state index in [9.17, 15) is 9.59 Å². The lowest BCUT2D eigenvalue weighted by molar-refractivity contribution is -0.139. The van der Waals surface area contributed by atoms with Crippen LogP contribution in [0.4, 0.5) is 0 Å². The van der Waals surface area contributed by atoms with Gasteiger partial charge in [0.25, 0.3) is 0 Å². The van der Waals surface area contributed by atoms with Gasteiger partial charge in [-0.25, -0.2) is 0 Å². The minimum atomic E-state index is -0.857. The van der Waals surface area contributed by atoms with Crippen molar-refractivity contribution in [1.29, 1.82) is 0 Å². The van der Waals surface area contributed by atoms with Gasteiger partial charge in [-0.15, -0.1) is 0 Å². The molecule has 3 unspecified atom stereocenters. The smallest absolute Gasteiger partial charge is 0.303 e. The highest BCUT2D eigenvalue weighted by molar-refractivity contribution is 5.80. The first kappa shape index (κ1) is 16.9. The molecule has 1 saturated heterocycles. The van der Waals surface area contributed by atoms with Gasteiger partial charge >= 0.3 is 5.97 Å². The van der Waals surface area contributed by atoms with Crippen LogP contribution in [-0.2, 0) is 19.1 Å². The van der Waals surface area contributed by atoms with Crippen LogP contribution in [0.5, 0.6) is 0 Å². The summed E-state index contributed by atoms with van der Waals surface area (Å²) in [5.74, 6) is -1.07. The molecule has 20 heavy (non-hydrogen) atoms. The van der Waals surface area contributed by atoms with Gasteiger partial charge in [0.1, 0.15) is 6.10 Å². The second kappa shape index (κ2) is 8.92. The van der Waals surface area contributed by atoms with Gasteiger partial charge in [-0.1, -0.05) is 0 Å². The molecule has 0 saturated carbocycles. The van der Waals surface area contributed by atoms with Crippen LogP contribution in [0.2, 0.25) is 0 Å². The minimum absolute atomic E-state index is 0.0482. The molecule has 1 aliphatic rings. The van der Waals surface area contributed by atoms with Crippen LogP contribution in [0.15, 0.2) is 0 Å². The second-order valence-electron chi connectivity index (χ2n) is 5.31. The third-order valence-electron chi connectivity index (χ3n) is 3.36. The van der Waals surface area contributed by atoms with Crippen LogP contribution in [0.3, 0.4) is 0 Å². The molecule has 0 spiro atoms. The van der Waals surface area contributed by atoms with Crippen LogP contribution in [0.1, 0.15) is 46.0 Å². The molecule has 0 bridgehead atoms. The summed E-state index contributed by atoms with van der Waals surface area (Å²) in [5.41, 5.74) is 0. The van der Waals surface area contributed by atoms with E-state index in [2.05, 4.69) is 5.32 Å². The summed E-state index contributed by atoms with van der Waals surface area (Å²) in [4.78, 5) is 22.3. The van der Waals surface area contributed by atoms with E-state index in [0.717, 1.165) is 25.9 Å². The van der Waals surface area contributed by atoms with E-state index in [1.807, 2.05) is 0 Å². The molecule has 1 amide bonds.